The highest BCUT2D eigenvalue weighted by Crippen LogP contribution is 2.27. The monoisotopic (exact) mass is 405 g/mol. The van der Waals surface area contributed by atoms with Gasteiger partial charge in [-0.15, -0.1) is 0 Å². The quantitative estimate of drug-likeness (QED) is 0.543. The standard InChI is InChI=1S/C17H16BrN3O4/c1-24-15-8-11(2-7-14(15)25-10-16(19)22)9-20-21-17(23)12-3-5-13(18)6-4-12/h2-9H,10H2,1H3,(H2,19,22)(H,21,23)/b20-9-. The number of hydrogen-bond acceptors (Lipinski definition) is 5. The first-order chi connectivity index (χ1) is 12.0. The molecule has 2 aromatic rings. The molecular weight excluding hydrogens is 390 g/mol. The number of carbonyl (C=O) groups excluding carboxylic acids is 2. The van der Waals surface area contributed by atoms with Crippen molar-refractivity contribution in [2.45, 2.75) is 0 Å². The number of hydrazone groups is 1. The lowest BCUT2D eigenvalue weighted by molar-refractivity contribution is -0.119. The van der Waals surface area contributed by atoms with Crippen molar-refractivity contribution in [2.24, 2.45) is 10.8 Å². The van der Waals surface area contributed by atoms with Gasteiger partial charge in [-0.05, 0) is 48.0 Å². The molecule has 130 valence electrons. The molecule has 0 spiro atoms. The van der Waals surface area contributed by atoms with Crippen molar-refractivity contribution in [1.82, 2.24) is 5.43 Å². The molecule has 0 aliphatic heterocycles. The molecule has 0 saturated heterocycles. The molecule has 2 aromatic carbocycles. The summed E-state index contributed by atoms with van der Waals surface area (Å²) < 4.78 is 11.3. The zero-order valence-electron chi connectivity index (χ0n) is 13.4. The summed E-state index contributed by atoms with van der Waals surface area (Å²) in [5, 5.41) is 3.91. The maximum absolute atomic E-state index is 11.9. The van der Waals surface area contributed by atoms with Gasteiger partial charge >= 0.3 is 0 Å². The molecule has 7 nitrogen and oxygen atoms in total. The molecule has 0 atom stereocenters. The molecule has 25 heavy (non-hydrogen) atoms. The first-order valence-corrected chi connectivity index (χ1v) is 7.97. The second kappa shape index (κ2) is 8.84. The van der Waals surface area contributed by atoms with E-state index in [1.165, 1.54) is 13.3 Å². The smallest absolute Gasteiger partial charge is 0.271 e. The van der Waals surface area contributed by atoms with Gasteiger partial charge in [-0.1, -0.05) is 15.9 Å². The molecule has 0 unspecified atom stereocenters. The number of nitrogens with one attached hydrogen (secondary N) is 1. The van der Waals surface area contributed by atoms with Gasteiger partial charge in [0.1, 0.15) is 0 Å². The van der Waals surface area contributed by atoms with E-state index in [1.54, 1.807) is 42.5 Å². The number of carbonyl (C=O) groups is 2. The number of nitrogens with two attached hydrogens (primary N) is 1. The van der Waals surface area contributed by atoms with Gasteiger partial charge < -0.3 is 15.2 Å². The third kappa shape index (κ3) is 5.61. The topological polar surface area (TPSA) is 103 Å². The van der Waals surface area contributed by atoms with E-state index in [1.807, 2.05) is 0 Å². The largest absolute Gasteiger partial charge is 0.493 e. The van der Waals surface area contributed by atoms with E-state index in [4.69, 9.17) is 15.2 Å². The first kappa shape index (κ1) is 18.5. The summed E-state index contributed by atoms with van der Waals surface area (Å²) in [7, 11) is 1.47. The van der Waals surface area contributed by atoms with Crippen LogP contribution in [0.4, 0.5) is 0 Å². The molecule has 0 radical (unpaired) electrons. The molecule has 0 saturated carbocycles. The Bertz CT molecular complexity index is 791. The van der Waals surface area contributed by atoms with Gasteiger partial charge in [-0.25, -0.2) is 5.43 Å². The predicted molar refractivity (Wildman–Crippen MR) is 96.9 cm³/mol. The Balaban J connectivity index is 2.01. The molecular formula is C17H16BrN3O4. The van der Waals surface area contributed by atoms with Crippen molar-refractivity contribution in [2.75, 3.05) is 13.7 Å². The zero-order chi connectivity index (χ0) is 18.2. The highest BCUT2D eigenvalue weighted by atomic mass is 79.9. The first-order valence-electron chi connectivity index (χ1n) is 7.17. The molecule has 2 rings (SSSR count). The van der Waals surface area contributed by atoms with Crippen molar-refractivity contribution in [3.05, 3.63) is 58.1 Å². The fourth-order valence-electron chi connectivity index (χ4n) is 1.86. The zero-order valence-corrected chi connectivity index (χ0v) is 14.9. The number of rotatable bonds is 7. The average molecular weight is 406 g/mol. The number of nitrogens with zero attached hydrogens (tertiary/aromatic N) is 1. The minimum Gasteiger partial charge on any atom is -0.493 e. The number of ether oxygens (including phenoxy) is 2. The molecule has 0 fully saturated rings. The molecule has 0 aliphatic rings. The SMILES string of the molecule is COc1cc(/C=N\NC(=O)c2ccc(Br)cc2)ccc1OCC(N)=O. The maximum Gasteiger partial charge on any atom is 0.271 e. The van der Waals surface area contributed by atoms with E-state index in [0.717, 1.165) is 4.47 Å². The molecule has 0 aromatic heterocycles. The highest BCUT2D eigenvalue weighted by molar-refractivity contribution is 9.10. The Hall–Kier alpha value is -2.87. The molecule has 2 amide bonds. The number of methoxy groups -OCH3 is 1. The van der Waals surface area contributed by atoms with Gasteiger partial charge in [-0.3, -0.25) is 9.59 Å². The van der Waals surface area contributed by atoms with Crippen LogP contribution in [0.15, 0.2) is 52.0 Å². The van der Waals surface area contributed by atoms with Crippen LogP contribution in [0.2, 0.25) is 0 Å². The van der Waals surface area contributed by atoms with E-state index < -0.39 is 5.91 Å². The normalized spacial score (nSPS) is 10.5. The lowest BCUT2D eigenvalue weighted by Crippen LogP contribution is -2.20. The number of hydrogen-bond donors (Lipinski definition) is 2. The number of amides is 2. The lowest BCUT2D eigenvalue weighted by atomic mass is 10.2. The number of benzene rings is 2. The van der Waals surface area contributed by atoms with E-state index >= 15 is 0 Å². The molecule has 3 N–H and O–H groups in total. The number of halogens is 1. The average Bonchev–Trinajstić information content (AvgIpc) is 2.60. The van der Waals surface area contributed by atoms with Gasteiger partial charge in [-0.2, -0.15) is 5.10 Å². The second-order valence-corrected chi connectivity index (χ2v) is 5.79. The van der Waals surface area contributed by atoms with Crippen LogP contribution in [0, 0.1) is 0 Å². The van der Waals surface area contributed by atoms with Crippen LogP contribution in [-0.2, 0) is 4.79 Å². The van der Waals surface area contributed by atoms with Crippen molar-refractivity contribution in [3.63, 3.8) is 0 Å². The summed E-state index contributed by atoms with van der Waals surface area (Å²) in [6, 6.07) is 11.9. The van der Waals surface area contributed by atoms with Gasteiger partial charge in [0.05, 0.1) is 13.3 Å². The maximum atomic E-state index is 11.9. The van der Waals surface area contributed by atoms with Crippen LogP contribution >= 0.6 is 15.9 Å². The van der Waals surface area contributed by atoms with Crippen LogP contribution in [0.3, 0.4) is 0 Å². The van der Waals surface area contributed by atoms with Gasteiger partial charge in [0.2, 0.25) is 0 Å². The fourth-order valence-corrected chi connectivity index (χ4v) is 2.13. The van der Waals surface area contributed by atoms with Gasteiger partial charge in [0.15, 0.2) is 18.1 Å². The molecule has 0 aliphatic carbocycles. The summed E-state index contributed by atoms with van der Waals surface area (Å²) in [6.07, 6.45) is 1.47. The predicted octanol–water partition coefficient (Wildman–Crippen LogP) is 2.09. The Morgan fingerprint density at radius 3 is 2.56 bits per heavy atom. The molecule has 8 heteroatoms. The molecule has 0 heterocycles. The van der Waals surface area contributed by atoms with E-state index in [-0.39, 0.29) is 12.5 Å². The summed E-state index contributed by atoms with van der Waals surface area (Å²) in [6.45, 7) is -0.243. The summed E-state index contributed by atoms with van der Waals surface area (Å²) in [4.78, 5) is 22.7. The fraction of sp³-hybridized carbons (Fsp3) is 0.118. The lowest BCUT2D eigenvalue weighted by Gasteiger charge is -2.09. The minimum absolute atomic E-state index is 0.243. The van der Waals surface area contributed by atoms with Crippen molar-refractivity contribution in [1.29, 1.82) is 0 Å². The molecule has 0 bridgehead atoms. The second-order valence-electron chi connectivity index (χ2n) is 4.87. The third-order valence-electron chi connectivity index (χ3n) is 3.04. The van der Waals surface area contributed by atoms with Crippen molar-refractivity contribution in [3.8, 4) is 11.5 Å². The van der Waals surface area contributed by atoms with E-state index in [2.05, 4.69) is 26.5 Å². The number of primary amides is 1. The summed E-state index contributed by atoms with van der Waals surface area (Å²) in [5.74, 6) is -0.0951. The highest BCUT2D eigenvalue weighted by Gasteiger charge is 2.07. The Morgan fingerprint density at radius 2 is 1.92 bits per heavy atom. The van der Waals surface area contributed by atoms with Gasteiger partial charge in [0, 0.05) is 10.0 Å². The Labute approximate surface area is 152 Å². The Morgan fingerprint density at radius 1 is 1.20 bits per heavy atom. The van der Waals surface area contributed by atoms with Crippen LogP contribution in [-0.4, -0.2) is 31.7 Å². The van der Waals surface area contributed by atoms with E-state index in [0.29, 0.717) is 22.6 Å². The van der Waals surface area contributed by atoms with Crippen molar-refractivity contribution < 1.29 is 19.1 Å². The van der Waals surface area contributed by atoms with Gasteiger partial charge in [0.25, 0.3) is 11.8 Å². The summed E-state index contributed by atoms with van der Waals surface area (Å²) >= 11 is 3.31. The summed E-state index contributed by atoms with van der Waals surface area (Å²) in [5.41, 5.74) is 8.66. The third-order valence-corrected chi connectivity index (χ3v) is 3.57. The van der Waals surface area contributed by atoms with Crippen LogP contribution < -0.4 is 20.6 Å². The van der Waals surface area contributed by atoms with E-state index in [9.17, 15) is 9.59 Å². The van der Waals surface area contributed by atoms with Crippen LogP contribution in [0.5, 0.6) is 11.5 Å². The Kier molecular flexibility index (Phi) is 6.53. The van der Waals surface area contributed by atoms with Crippen LogP contribution in [0.25, 0.3) is 0 Å². The van der Waals surface area contributed by atoms with Crippen LogP contribution in [0.1, 0.15) is 15.9 Å². The minimum atomic E-state index is -0.580. The van der Waals surface area contributed by atoms with Crippen molar-refractivity contribution >= 4 is 34.0 Å².